The summed E-state index contributed by atoms with van der Waals surface area (Å²) in [6, 6.07) is 16.5. The first kappa shape index (κ1) is 24.8. The molecule has 0 aliphatic rings. The normalized spacial score (nSPS) is 10.8. The zero-order chi connectivity index (χ0) is 23.8. The van der Waals surface area contributed by atoms with E-state index in [1.807, 2.05) is 52.9 Å². The van der Waals surface area contributed by atoms with Crippen molar-refractivity contribution in [3.05, 3.63) is 98.1 Å². The average Bonchev–Trinajstić information content (AvgIpc) is 2.75. The summed E-state index contributed by atoms with van der Waals surface area (Å²) in [5, 5.41) is 0. The van der Waals surface area contributed by atoms with Gasteiger partial charge in [0.2, 0.25) is 0 Å². The molecule has 3 aromatic rings. The van der Waals surface area contributed by atoms with Crippen molar-refractivity contribution in [2.24, 2.45) is 5.73 Å². The van der Waals surface area contributed by atoms with Gasteiger partial charge >= 0.3 is 0 Å². The van der Waals surface area contributed by atoms with Crippen LogP contribution in [0.25, 0.3) is 0 Å². The number of amides is 1. The molecule has 0 atom stereocenters. The van der Waals surface area contributed by atoms with Crippen LogP contribution in [0.4, 0.5) is 8.78 Å². The average molecular weight is 563 g/mol. The van der Waals surface area contributed by atoms with E-state index in [9.17, 15) is 18.4 Å². The Kier molecular flexibility index (Phi) is 8.94. The molecule has 1 amide bonds. The summed E-state index contributed by atoms with van der Waals surface area (Å²) in [5.74, 6) is -1.66. The van der Waals surface area contributed by atoms with Gasteiger partial charge in [-0.1, -0.05) is 36.4 Å². The van der Waals surface area contributed by atoms with Crippen molar-refractivity contribution < 1.29 is 23.1 Å². The second-order valence-electron chi connectivity index (χ2n) is 7.72. The summed E-state index contributed by atoms with van der Waals surface area (Å²) in [6.07, 6.45) is 1.95. The third-order valence-electron chi connectivity index (χ3n) is 5.14. The van der Waals surface area contributed by atoms with Gasteiger partial charge in [0.1, 0.15) is 23.2 Å². The highest BCUT2D eigenvalue weighted by Gasteiger charge is 2.19. The van der Waals surface area contributed by atoms with Crippen molar-refractivity contribution in [1.29, 1.82) is 0 Å². The van der Waals surface area contributed by atoms with Crippen molar-refractivity contribution in [1.82, 2.24) is 0 Å². The van der Waals surface area contributed by atoms with Gasteiger partial charge in [0.25, 0.3) is 5.91 Å². The molecule has 0 unspecified atom stereocenters. The Balaban J connectivity index is 1.61. The standard InChI is InChI=1S/C26H24F2INO3/c27-20-14-19(13-18-9-10-21(29)16-23(18)28)25(26(30)32)24(15-20)33-11-5-4-8-22(31)12-17-6-2-1-3-7-17/h1-3,6-7,9-10,14-16H,4-5,8,11-13H2,(H2,30,32). The van der Waals surface area contributed by atoms with E-state index < -0.39 is 17.5 Å². The summed E-state index contributed by atoms with van der Waals surface area (Å²) in [7, 11) is 0. The minimum atomic E-state index is -0.774. The van der Waals surface area contributed by atoms with E-state index >= 15 is 0 Å². The number of Topliss-reactive ketones (excluding diaryl/α,β-unsaturated/α-hetero) is 1. The Hall–Kier alpha value is -2.81. The molecule has 0 saturated carbocycles. The number of carbonyl (C=O) groups is 2. The third-order valence-corrected chi connectivity index (χ3v) is 5.81. The molecular weight excluding hydrogens is 539 g/mol. The molecule has 2 N–H and O–H groups in total. The summed E-state index contributed by atoms with van der Waals surface area (Å²) in [4.78, 5) is 24.2. The fourth-order valence-electron chi connectivity index (χ4n) is 3.56. The van der Waals surface area contributed by atoms with E-state index in [1.165, 1.54) is 12.1 Å². The molecule has 0 bridgehead atoms. The third kappa shape index (κ3) is 7.35. The zero-order valence-electron chi connectivity index (χ0n) is 18.0. The molecule has 0 aromatic heterocycles. The smallest absolute Gasteiger partial charge is 0.252 e. The predicted octanol–water partition coefficient (Wildman–Crippen LogP) is 5.62. The molecule has 0 aliphatic heterocycles. The number of hydrogen-bond acceptors (Lipinski definition) is 3. The lowest BCUT2D eigenvalue weighted by molar-refractivity contribution is -0.118. The van der Waals surface area contributed by atoms with Crippen LogP contribution in [-0.2, 0) is 17.6 Å². The molecule has 0 fully saturated rings. The van der Waals surface area contributed by atoms with E-state index in [2.05, 4.69) is 0 Å². The maximum Gasteiger partial charge on any atom is 0.252 e. The Morgan fingerprint density at radius 2 is 1.70 bits per heavy atom. The van der Waals surface area contributed by atoms with Crippen LogP contribution >= 0.6 is 22.6 Å². The number of benzene rings is 3. The van der Waals surface area contributed by atoms with Crippen LogP contribution in [0, 0.1) is 15.2 Å². The lowest BCUT2D eigenvalue weighted by Gasteiger charge is -2.15. The second kappa shape index (κ2) is 11.9. The number of nitrogens with two attached hydrogens (primary N) is 1. The van der Waals surface area contributed by atoms with E-state index in [0.717, 1.165) is 15.2 Å². The largest absolute Gasteiger partial charge is 0.493 e. The lowest BCUT2D eigenvalue weighted by atomic mass is 9.98. The van der Waals surface area contributed by atoms with Gasteiger partial charge in [-0.2, -0.15) is 0 Å². The SMILES string of the molecule is NC(=O)c1c(Cc2ccc(I)cc2F)cc(F)cc1OCCCCC(=O)Cc1ccccc1. The number of ether oxygens (including phenoxy) is 1. The Morgan fingerprint density at radius 1 is 0.939 bits per heavy atom. The number of unbranched alkanes of at least 4 members (excludes halogenated alkanes) is 1. The minimum Gasteiger partial charge on any atom is -0.493 e. The van der Waals surface area contributed by atoms with Crippen LogP contribution in [0.1, 0.15) is 46.3 Å². The summed E-state index contributed by atoms with van der Waals surface area (Å²) in [6.45, 7) is 0.194. The molecule has 0 saturated heterocycles. The topological polar surface area (TPSA) is 69.4 Å². The summed E-state index contributed by atoms with van der Waals surface area (Å²) in [5.41, 5.74) is 7.14. The molecule has 172 valence electrons. The monoisotopic (exact) mass is 563 g/mol. The van der Waals surface area contributed by atoms with Crippen molar-refractivity contribution in [3.63, 3.8) is 0 Å². The van der Waals surface area contributed by atoms with Gasteiger partial charge in [-0.15, -0.1) is 0 Å². The maximum absolute atomic E-state index is 14.3. The minimum absolute atomic E-state index is 0.00311. The fourth-order valence-corrected chi connectivity index (χ4v) is 4.01. The number of ketones is 1. The summed E-state index contributed by atoms with van der Waals surface area (Å²) < 4.78 is 34.9. The molecule has 0 aliphatic carbocycles. The Bertz CT molecular complexity index is 1140. The van der Waals surface area contributed by atoms with Gasteiger partial charge in [-0.3, -0.25) is 9.59 Å². The van der Waals surface area contributed by atoms with Gasteiger partial charge < -0.3 is 10.5 Å². The summed E-state index contributed by atoms with van der Waals surface area (Å²) >= 11 is 2.00. The molecule has 4 nitrogen and oxygen atoms in total. The number of hydrogen-bond donors (Lipinski definition) is 1. The van der Waals surface area contributed by atoms with Crippen molar-refractivity contribution in [3.8, 4) is 5.75 Å². The quantitative estimate of drug-likeness (QED) is 0.243. The van der Waals surface area contributed by atoms with Crippen LogP contribution in [0.5, 0.6) is 5.75 Å². The van der Waals surface area contributed by atoms with Gasteiger partial charge in [0.15, 0.2) is 0 Å². The highest BCUT2D eigenvalue weighted by molar-refractivity contribution is 14.1. The van der Waals surface area contributed by atoms with Crippen LogP contribution < -0.4 is 10.5 Å². The van der Waals surface area contributed by atoms with Crippen LogP contribution in [0.15, 0.2) is 60.7 Å². The highest BCUT2D eigenvalue weighted by Crippen LogP contribution is 2.27. The number of carbonyl (C=O) groups excluding carboxylic acids is 2. The first-order valence-corrected chi connectivity index (χ1v) is 11.7. The van der Waals surface area contributed by atoms with Gasteiger partial charge in [-0.05, 0) is 70.3 Å². The highest BCUT2D eigenvalue weighted by atomic mass is 127. The van der Waals surface area contributed by atoms with Crippen molar-refractivity contribution in [2.45, 2.75) is 32.1 Å². The van der Waals surface area contributed by atoms with Crippen LogP contribution in [-0.4, -0.2) is 18.3 Å². The molecular formula is C26H24F2INO3. The van der Waals surface area contributed by atoms with Gasteiger partial charge in [-0.25, -0.2) is 8.78 Å². The molecule has 33 heavy (non-hydrogen) atoms. The molecule has 3 aromatic carbocycles. The Labute approximate surface area is 205 Å². The molecule has 0 spiro atoms. The van der Waals surface area contributed by atoms with E-state index in [1.54, 1.807) is 12.1 Å². The maximum atomic E-state index is 14.3. The van der Waals surface area contributed by atoms with Crippen LogP contribution in [0.3, 0.4) is 0 Å². The van der Waals surface area contributed by atoms with E-state index in [4.69, 9.17) is 10.5 Å². The number of primary amides is 1. The van der Waals surface area contributed by atoms with Crippen LogP contribution in [0.2, 0.25) is 0 Å². The molecule has 0 radical (unpaired) electrons. The first-order chi connectivity index (χ1) is 15.8. The molecule has 3 rings (SSSR count). The fraction of sp³-hybridized carbons (Fsp3) is 0.231. The number of halogens is 3. The molecule has 7 heteroatoms. The van der Waals surface area contributed by atoms with Crippen molar-refractivity contribution in [2.75, 3.05) is 6.61 Å². The van der Waals surface area contributed by atoms with E-state index in [0.29, 0.717) is 31.2 Å². The van der Waals surface area contributed by atoms with Crippen molar-refractivity contribution >= 4 is 34.3 Å². The first-order valence-electron chi connectivity index (χ1n) is 10.6. The Morgan fingerprint density at radius 3 is 2.39 bits per heavy atom. The van der Waals surface area contributed by atoms with Gasteiger partial charge in [0.05, 0.1) is 12.2 Å². The number of rotatable bonds is 11. The predicted molar refractivity (Wildman–Crippen MR) is 131 cm³/mol. The zero-order valence-corrected chi connectivity index (χ0v) is 20.1. The van der Waals surface area contributed by atoms with E-state index in [-0.39, 0.29) is 35.7 Å². The molecule has 0 heterocycles. The second-order valence-corrected chi connectivity index (χ2v) is 8.97. The lowest BCUT2D eigenvalue weighted by Crippen LogP contribution is -2.17. The van der Waals surface area contributed by atoms with Gasteiger partial charge in [0, 0.05) is 28.9 Å².